The van der Waals surface area contributed by atoms with Crippen molar-refractivity contribution in [2.24, 2.45) is 0 Å². The van der Waals surface area contributed by atoms with Gasteiger partial charge in [0.25, 0.3) is 5.56 Å². The second kappa shape index (κ2) is 9.22. The second-order valence-electron chi connectivity index (χ2n) is 7.05. The molecule has 1 N–H and O–H groups in total. The number of aliphatic hydroxyl groups excluding tert-OH is 1. The fraction of sp³-hybridized carbons (Fsp3) is 0.167. The normalized spacial score (nSPS) is 12.4. The highest BCUT2D eigenvalue weighted by Crippen LogP contribution is 2.26. The summed E-state index contributed by atoms with van der Waals surface area (Å²) < 4.78 is 7.48. The number of benzene rings is 3. The van der Waals surface area contributed by atoms with Gasteiger partial charge in [-0.2, -0.15) is 0 Å². The van der Waals surface area contributed by atoms with Crippen LogP contribution in [0.4, 0.5) is 0 Å². The van der Waals surface area contributed by atoms with Gasteiger partial charge in [-0.15, -0.1) is 0 Å². The Balaban J connectivity index is 1.50. The quantitative estimate of drug-likeness (QED) is 0.486. The van der Waals surface area contributed by atoms with Crippen LogP contribution in [-0.2, 0) is 11.3 Å². The maximum absolute atomic E-state index is 12.7. The molecule has 0 unspecified atom stereocenters. The molecule has 152 valence electrons. The van der Waals surface area contributed by atoms with Gasteiger partial charge < -0.3 is 9.84 Å². The number of aliphatic hydroxyl groups is 1. The molecule has 0 fully saturated rings. The van der Waals surface area contributed by atoms with Crippen LogP contribution in [0.3, 0.4) is 0 Å². The first-order chi connectivity index (χ1) is 14.6. The number of fused-ring (bicyclic) bond motifs is 1. The lowest BCUT2D eigenvalue weighted by molar-refractivity contribution is -0.000985. The molecule has 0 aliphatic carbocycles. The second-order valence-corrected chi connectivity index (χ2v) is 7.49. The molecule has 1 atom stereocenters. The zero-order chi connectivity index (χ0) is 20.9. The number of aromatic nitrogens is 2. The van der Waals surface area contributed by atoms with Gasteiger partial charge in [-0.3, -0.25) is 9.36 Å². The van der Waals surface area contributed by atoms with Crippen LogP contribution in [0.2, 0.25) is 5.02 Å². The molecule has 0 bridgehead atoms. The van der Waals surface area contributed by atoms with Crippen LogP contribution in [0.1, 0.15) is 17.2 Å². The number of nitrogens with zero attached hydrogens (tertiary/aromatic N) is 2. The van der Waals surface area contributed by atoms with Crippen LogP contribution in [0.25, 0.3) is 10.9 Å². The van der Waals surface area contributed by atoms with E-state index in [1.54, 1.807) is 18.2 Å². The molecule has 0 aliphatic heterocycles. The van der Waals surface area contributed by atoms with Crippen molar-refractivity contribution in [3.05, 3.63) is 112 Å². The van der Waals surface area contributed by atoms with E-state index in [1.807, 2.05) is 60.7 Å². The van der Waals surface area contributed by atoms with Crippen molar-refractivity contribution in [3.63, 3.8) is 0 Å². The molecule has 30 heavy (non-hydrogen) atoms. The molecule has 6 heteroatoms. The predicted octanol–water partition coefficient (Wildman–Crippen LogP) is 4.22. The van der Waals surface area contributed by atoms with E-state index in [0.29, 0.717) is 15.9 Å². The molecule has 0 aliphatic rings. The van der Waals surface area contributed by atoms with Gasteiger partial charge in [0.1, 0.15) is 6.10 Å². The molecule has 4 rings (SSSR count). The molecule has 0 radical (unpaired) electrons. The highest BCUT2D eigenvalue weighted by Gasteiger charge is 2.17. The minimum absolute atomic E-state index is 0.0690. The third kappa shape index (κ3) is 4.60. The van der Waals surface area contributed by atoms with Crippen LogP contribution in [-0.4, -0.2) is 27.4 Å². The summed E-state index contributed by atoms with van der Waals surface area (Å²) in [6.45, 7) is 0.153. The molecule has 0 spiro atoms. The van der Waals surface area contributed by atoms with E-state index in [1.165, 1.54) is 10.9 Å². The third-order valence-corrected chi connectivity index (χ3v) is 5.09. The first kappa shape index (κ1) is 20.3. The van der Waals surface area contributed by atoms with Crippen molar-refractivity contribution in [1.82, 2.24) is 9.55 Å². The minimum atomic E-state index is -0.871. The van der Waals surface area contributed by atoms with Crippen LogP contribution in [0.15, 0.2) is 90.0 Å². The molecule has 0 saturated heterocycles. The number of hydrogen-bond donors (Lipinski definition) is 1. The van der Waals surface area contributed by atoms with E-state index in [2.05, 4.69) is 4.98 Å². The molecule has 4 aromatic rings. The van der Waals surface area contributed by atoms with Crippen molar-refractivity contribution < 1.29 is 9.84 Å². The van der Waals surface area contributed by atoms with Crippen molar-refractivity contribution >= 4 is 22.5 Å². The summed E-state index contributed by atoms with van der Waals surface area (Å²) >= 11 is 5.96. The van der Waals surface area contributed by atoms with Gasteiger partial charge in [0.05, 0.1) is 36.5 Å². The van der Waals surface area contributed by atoms with E-state index >= 15 is 0 Å². The summed E-state index contributed by atoms with van der Waals surface area (Å²) in [5.74, 6) is 0. The Kier molecular flexibility index (Phi) is 6.23. The Morgan fingerprint density at radius 1 is 0.967 bits per heavy atom. The topological polar surface area (TPSA) is 64.4 Å². The fourth-order valence-corrected chi connectivity index (χ4v) is 3.56. The first-order valence-corrected chi connectivity index (χ1v) is 10.0. The summed E-state index contributed by atoms with van der Waals surface area (Å²) in [5, 5.41) is 11.5. The average Bonchev–Trinajstić information content (AvgIpc) is 2.77. The molecular formula is C24H21ClN2O3. The Morgan fingerprint density at radius 2 is 1.60 bits per heavy atom. The SMILES string of the molecule is O=c1c2ccc(Cl)cc2ncn1C[C@@H](O)COC(c1ccccc1)c1ccccc1. The van der Waals surface area contributed by atoms with Crippen molar-refractivity contribution in [2.45, 2.75) is 18.8 Å². The Labute approximate surface area is 179 Å². The van der Waals surface area contributed by atoms with Gasteiger partial charge in [0.2, 0.25) is 0 Å². The van der Waals surface area contributed by atoms with Gasteiger partial charge in [-0.1, -0.05) is 72.3 Å². The number of ether oxygens (including phenoxy) is 1. The maximum Gasteiger partial charge on any atom is 0.261 e. The van der Waals surface area contributed by atoms with Crippen LogP contribution in [0.5, 0.6) is 0 Å². The van der Waals surface area contributed by atoms with Crippen LogP contribution >= 0.6 is 11.6 Å². The van der Waals surface area contributed by atoms with Gasteiger partial charge in [-0.25, -0.2) is 4.98 Å². The van der Waals surface area contributed by atoms with Gasteiger partial charge in [0.15, 0.2) is 0 Å². The Morgan fingerprint density at radius 3 is 2.23 bits per heavy atom. The lowest BCUT2D eigenvalue weighted by Gasteiger charge is -2.21. The fourth-order valence-electron chi connectivity index (χ4n) is 3.39. The third-order valence-electron chi connectivity index (χ3n) is 4.85. The maximum atomic E-state index is 12.7. The predicted molar refractivity (Wildman–Crippen MR) is 118 cm³/mol. The number of hydrogen-bond acceptors (Lipinski definition) is 4. The smallest absolute Gasteiger partial charge is 0.261 e. The number of halogens is 1. The minimum Gasteiger partial charge on any atom is -0.389 e. The van der Waals surface area contributed by atoms with E-state index in [9.17, 15) is 9.90 Å². The van der Waals surface area contributed by atoms with Crippen molar-refractivity contribution in [1.29, 1.82) is 0 Å². The highest BCUT2D eigenvalue weighted by molar-refractivity contribution is 6.31. The van der Waals surface area contributed by atoms with Crippen molar-refractivity contribution in [2.75, 3.05) is 6.61 Å². The standard InChI is InChI=1S/C24H21ClN2O3/c25-19-11-12-21-22(13-19)26-16-27(24(21)29)14-20(28)15-30-23(17-7-3-1-4-8-17)18-9-5-2-6-10-18/h1-13,16,20,23,28H,14-15H2/t20-/m1/s1. The molecule has 0 saturated carbocycles. The van der Waals surface area contributed by atoms with E-state index in [0.717, 1.165) is 11.1 Å². The lowest BCUT2D eigenvalue weighted by atomic mass is 10.0. The highest BCUT2D eigenvalue weighted by atomic mass is 35.5. The zero-order valence-electron chi connectivity index (χ0n) is 16.2. The largest absolute Gasteiger partial charge is 0.389 e. The van der Waals surface area contributed by atoms with E-state index in [4.69, 9.17) is 16.3 Å². The van der Waals surface area contributed by atoms with Gasteiger partial charge in [-0.05, 0) is 29.3 Å². The summed E-state index contributed by atoms with van der Waals surface area (Å²) in [6.07, 6.45) is 0.246. The van der Waals surface area contributed by atoms with Gasteiger partial charge in [0, 0.05) is 5.02 Å². The molecule has 0 amide bonds. The van der Waals surface area contributed by atoms with Crippen LogP contribution in [0, 0.1) is 0 Å². The van der Waals surface area contributed by atoms with Crippen LogP contribution < -0.4 is 5.56 Å². The molecule has 1 aromatic heterocycles. The number of rotatable bonds is 7. The Bertz CT molecular complexity index is 1140. The molecule has 5 nitrogen and oxygen atoms in total. The summed E-state index contributed by atoms with van der Waals surface area (Å²) in [7, 11) is 0. The zero-order valence-corrected chi connectivity index (χ0v) is 16.9. The molecular weight excluding hydrogens is 400 g/mol. The summed E-state index contributed by atoms with van der Waals surface area (Å²) in [4.78, 5) is 17.0. The van der Waals surface area contributed by atoms with E-state index < -0.39 is 6.10 Å². The average molecular weight is 421 g/mol. The molecule has 1 heterocycles. The van der Waals surface area contributed by atoms with Crippen molar-refractivity contribution in [3.8, 4) is 0 Å². The Hall–Kier alpha value is -2.99. The van der Waals surface area contributed by atoms with Gasteiger partial charge >= 0.3 is 0 Å². The monoisotopic (exact) mass is 420 g/mol. The lowest BCUT2D eigenvalue weighted by Crippen LogP contribution is -2.30. The molecule has 3 aromatic carbocycles. The van der Waals surface area contributed by atoms with E-state index in [-0.39, 0.29) is 24.8 Å². The summed E-state index contributed by atoms with van der Waals surface area (Å²) in [5.41, 5.74) is 2.30. The first-order valence-electron chi connectivity index (χ1n) is 9.66. The summed E-state index contributed by atoms with van der Waals surface area (Å²) in [6, 6.07) is 24.6.